The summed E-state index contributed by atoms with van der Waals surface area (Å²) < 4.78 is 7.49. The van der Waals surface area contributed by atoms with Gasteiger partial charge < -0.3 is 10.1 Å². The average Bonchev–Trinajstić information content (AvgIpc) is 2.94. The first-order valence-electron chi connectivity index (χ1n) is 6.70. The first kappa shape index (κ1) is 14.1. The van der Waals surface area contributed by atoms with Gasteiger partial charge in [0.25, 0.3) is 0 Å². The normalized spacial score (nSPS) is 10.2. The van der Waals surface area contributed by atoms with Crippen LogP contribution in [0.5, 0.6) is 11.5 Å². The van der Waals surface area contributed by atoms with Crippen molar-refractivity contribution in [2.75, 3.05) is 6.54 Å². The fraction of sp³-hybridized carbons (Fsp3) is 0.333. The molecule has 20 heavy (non-hydrogen) atoms. The minimum Gasteiger partial charge on any atom is -0.453 e. The average molecular weight is 270 g/mol. The van der Waals surface area contributed by atoms with Crippen molar-refractivity contribution >= 4 is 0 Å². The quantitative estimate of drug-likeness (QED) is 0.876. The fourth-order valence-electron chi connectivity index (χ4n) is 1.83. The van der Waals surface area contributed by atoms with E-state index in [2.05, 4.69) is 16.5 Å². The lowest BCUT2D eigenvalue weighted by molar-refractivity contribution is 0.479. The lowest BCUT2D eigenvalue weighted by Gasteiger charge is -2.07. The van der Waals surface area contributed by atoms with E-state index < -0.39 is 0 Å². The maximum atomic E-state index is 9.23. The summed E-state index contributed by atoms with van der Waals surface area (Å²) in [6.07, 6.45) is 3.46. The monoisotopic (exact) mass is 270 g/mol. The molecule has 0 saturated carbocycles. The highest BCUT2D eigenvalue weighted by molar-refractivity contribution is 5.47. The summed E-state index contributed by atoms with van der Waals surface area (Å²) in [5.41, 5.74) is 1.60. The van der Waals surface area contributed by atoms with Crippen LogP contribution in [0, 0.1) is 11.3 Å². The van der Waals surface area contributed by atoms with Crippen LogP contribution in [0.15, 0.2) is 30.6 Å². The Hall–Kier alpha value is -2.32. The third-order valence-corrected chi connectivity index (χ3v) is 2.90. The van der Waals surface area contributed by atoms with Gasteiger partial charge in [-0.15, -0.1) is 0 Å². The zero-order valence-electron chi connectivity index (χ0n) is 11.8. The summed E-state index contributed by atoms with van der Waals surface area (Å²) in [4.78, 5) is 0. The lowest BCUT2D eigenvalue weighted by Crippen LogP contribution is -2.11. The number of rotatable bonds is 6. The van der Waals surface area contributed by atoms with Crippen molar-refractivity contribution in [3.8, 4) is 17.6 Å². The van der Waals surface area contributed by atoms with Gasteiger partial charge in [-0.25, -0.2) is 0 Å². The molecule has 2 rings (SSSR count). The van der Waals surface area contributed by atoms with Crippen molar-refractivity contribution in [2.24, 2.45) is 0 Å². The third-order valence-electron chi connectivity index (χ3n) is 2.90. The Bertz CT molecular complexity index is 613. The first-order chi connectivity index (χ1) is 9.76. The highest BCUT2D eigenvalue weighted by Crippen LogP contribution is 2.25. The molecule has 0 spiro atoms. The smallest absolute Gasteiger partial charge is 0.165 e. The van der Waals surface area contributed by atoms with Crippen LogP contribution in [0.4, 0.5) is 0 Å². The summed E-state index contributed by atoms with van der Waals surface area (Å²) in [7, 11) is 0. The minimum absolute atomic E-state index is 0.532. The molecule has 0 aliphatic rings. The number of hydrogen-bond donors (Lipinski definition) is 1. The Balaban J connectivity index is 2.17. The largest absolute Gasteiger partial charge is 0.453 e. The molecule has 0 atom stereocenters. The Morgan fingerprint density at radius 2 is 2.25 bits per heavy atom. The van der Waals surface area contributed by atoms with Gasteiger partial charge in [0.1, 0.15) is 11.8 Å². The van der Waals surface area contributed by atoms with E-state index in [0.717, 1.165) is 25.2 Å². The molecule has 0 saturated heterocycles. The second-order valence-electron chi connectivity index (χ2n) is 4.36. The number of nitrogens with one attached hydrogen (secondary N) is 1. The second kappa shape index (κ2) is 6.73. The fourth-order valence-corrected chi connectivity index (χ4v) is 1.83. The van der Waals surface area contributed by atoms with E-state index in [-0.39, 0.29) is 0 Å². The van der Waals surface area contributed by atoms with Crippen LogP contribution in [0.1, 0.15) is 25.0 Å². The van der Waals surface area contributed by atoms with Crippen LogP contribution in [-0.4, -0.2) is 16.3 Å². The molecule has 0 radical (unpaired) electrons. The zero-order chi connectivity index (χ0) is 14.4. The van der Waals surface area contributed by atoms with Gasteiger partial charge in [-0.05, 0) is 31.2 Å². The number of aryl methyl sites for hydroxylation is 1. The van der Waals surface area contributed by atoms with Crippen LogP contribution >= 0.6 is 0 Å². The summed E-state index contributed by atoms with van der Waals surface area (Å²) in [5.74, 6) is 1.20. The molecular weight excluding hydrogens is 252 g/mol. The standard InChI is InChI=1S/C15H18N4O/c1-3-17-9-12-5-6-15(13(7-12)8-16)20-14-10-18-19(4-2)11-14/h5-7,10-11,17H,3-4,9H2,1-2H3. The Labute approximate surface area is 118 Å². The number of aromatic nitrogens is 2. The summed E-state index contributed by atoms with van der Waals surface area (Å²) in [5, 5.41) is 16.6. The number of nitriles is 1. The van der Waals surface area contributed by atoms with Crippen LogP contribution < -0.4 is 10.1 Å². The Kier molecular flexibility index (Phi) is 4.75. The van der Waals surface area contributed by atoms with Crippen molar-refractivity contribution < 1.29 is 4.74 Å². The molecule has 0 aliphatic carbocycles. The lowest BCUT2D eigenvalue weighted by atomic mass is 10.1. The number of benzene rings is 1. The van der Waals surface area contributed by atoms with Crippen LogP contribution in [-0.2, 0) is 13.1 Å². The molecular formula is C15H18N4O. The van der Waals surface area contributed by atoms with Gasteiger partial charge in [-0.1, -0.05) is 13.0 Å². The maximum absolute atomic E-state index is 9.23. The predicted molar refractivity (Wildman–Crippen MR) is 76.5 cm³/mol. The van der Waals surface area contributed by atoms with E-state index >= 15 is 0 Å². The van der Waals surface area contributed by atoms with E-state index in [9.17, 15) is 5.26 Å². The van der Waals surface area contributed by atoms with Crippen molar-refractivity contribution in [2.45, 2.75) is 26.9 Å². The minimum atomic E-state index is 0.532. The Morgan fingerprint density at radius 3 is 2.90 bits per heavy atom. The third kappa shape index (κ3) is 3.37. The van der Waals surface area contributed by atoms with Gasteiger partial charge in [-0.3, -0.25) is 4.68 Å². The highest BCUT2D eigenvalue weighted by atomic mass is 16.5. The van der Waals surface area contributed by atoms with Gasteiger partial charge in [0.05, 0.1) is 18.0 Å². The SMILES string of the molecule is CCNCc1ccc(Oc2cnn(CC)c2)c(C#N)c1. The van der Waals surface area contributed by atoms with Gasteiger partial charge in [0, 0.05) is 13.1 Å². The number of ether oxygens (including phenoxy) is 1. The molecule has 0 aliphatic heterocycles. The summed E-state index contributed by atoms with van der Waals surface area (Å²) in [6, 6.07) is 7.81. The number of hydrogen-bond acceptors (Lipinski definition) is 4. The molecule has 0 amide bonds. The molecule has 1 N–H and O–H groups in total. The molecule has 1 aromatic carbocycles. The van der Waals surface area contributed by atoms with E-state index in [1.807, 2.05) is 38.2 Å². The van der Waals surface area contributed by atoms with Gasteiger partial charge >= 0.3 is 0 Å². The second-order valence-corrected chi connectivity index (χ2v) is 4.36. The maximum Gasteiger partial charge on any atom is 0.165 e. The van der Waals surface area contributed by atoms with Gasteiger partial charge in [0.2, 0.25) is 0 Å². The van der Waals surface area contributed by atoms with E-state index in [1.54, 1.807) is 10.9 Å². The summed E-state index contributed by atoms with van der Waals surface area (Å²) in [6.45, 7) is 6.49. The van der Waals surface area contributed by atoms with Crippen LogP contribution in [0.3, 0.4) is 0 Å². The van der Waals surface area contributed by atoms with E-state index in [4.69, 9.17) is 4.74 Å². The first-order valence-corrected chi connectivity index (χ1v) is 6.70. The van der Waals surface area contributed by atoms with E-state index in [0.29, 0.717) is 17.1 Å². The van der Waals surface area contributed by atoms with Crippen LogP contribution in [0.2, 0.25) is 0 Å². The summed E-state index contributed by atoms with van der Waals surface area (Å²) >= 11 is 0. The highest BCUT2D eigenvalue weighted by Gasteiger charge is 2.07. The molecule has 0 fully saturated rings. The molecule has 5 heteroatoms. The Morgan fingerprint density at radius 1 is 1.40 bits per heavy atom. The van der Waals surface area contributed by atoms with Gasteiger partial charge in [-0.2, -0.15) is 10.4 Å². The molecule has 0 bridgehead atoms. The van der Waals surface area contributed by atoms with Crippen molar-refractivity contribution in [3.63, 3.8) is 0 Å². The van der Waals surface area contributed by atoms with Crippen molar-refractivity contribution in [1.29, 1.82) is 5.26 Å². The molecule has 5 nitrogen and oxygen atoms in total. The molecule has 2 aromatic rings. The van der Waals surface area contributed by atoms with Crippen molar-refractivity contribution in [3.05, 3.63) is 41.7 Å². The van der Waals surface area contributed by atoms with Crippen molar-refractivity contribution in [1.82, 2.24) is 15.1 Å². The molecule has 104 valence electrons. The predicted octanol–water partition coefficient (Wildman–Crippen LogP) is 2.68. The topological polar surface area (TPSA) is 62.9 Å². The number of nitrogens with zero attached hydrogens (tertiary/aromatic N) is 3. The van der Waals surface area contributed by atoms with Crippen LogP contribution in [0.25, 0.3) is 0 Å². The molecule has 1 heterocycles. The van der Waals surface area contributed by atoms with E-state index in [1.165, 1.54) is 0 Å². The zero-order valence-corrected chi connectivity index (χ0v) is 11.8. The van der Waals surface area contributed by atoms with Gasteiger partial charge in [0.15, 0.2) is 5.75 Å². The molecule has 1 aromatic heterocycles. The molecule has 0 unspecified atom stereocenters.